The van der Waals surface area contributed by atoms with E-state index in [9.17, 15) is 24.3 Å². The summed E-state index contributed by atoms with van der Waals surface area (Å²) < 4.78 is 71.5. The summed E-state index contributed by atoms with van der Waals surface area (Å²) in [7, 11) is 1.61. The van der Waals surface area contributed by atoms with Crippen molar-refractivity contribution in [1.29, 1.82) is 0 Å². The molecule has 11 aliphatic rings. The number of aliphatic hydroxyl groups is 1. The second-order valence-corrected chi connectivity index (χ2v) is 21.1. The van der Waals surface area contributed by atoms with Crippen LogP contribution in [0.5, 0.6) is 0 Å². The number of fused-ring (bicyclic) bond motifs is 6. The summed E-state index contributed by atoms with van der Waals surface area (Å²) in [5.74, 6) is -1.92. The molecule has 10 fully saturated rings. The maximum atomic E-state index is 14.3. The molecule has 0 aromatic carbocycles. The molecule has 382 valence electrons. The van der Waals surface area contributed by atoms with Crippen molar-refractivity contribution in [3.63, 3.8) is 0 Å². The third-order valence-corrected chi connectivity index (χ3v) is 16.4. The monoisotopic (exact) mass is 968 g/mol. The van der Waals surface area contributed by atoms with Crippen LogP contribution in [0.25, 0.3) is 0 Å². The molecule has 18 heteroatoms. The number of hydrogen-bond donors (Lipinski definition) is 2. The van der Waals surface area contributed by atoms with E-state index in [1.54, 1.807) is 7.11 Å². The van der Waals surface area contributed by atoms with E-state index < -0.39 is 36.3 Å². The van der Waals surface area contributed by atoms with Crippen LogP contribution in [0.1, 0.15) is 96.8 Å². The van der Waals surface area contributed by atoms with Gasteiger partial charge in [0.05, 0.1) is 100 Å². The molecule has 11 heterocycles. The molecule has 12 bridgehead atoms. The van der Waals surface area contributed by atoms with Crippen LogP contribution in [0, 0.1) is 11.8 Å². The van der Waals surface area contributed by atoms with Gasteiger partial charge in [-0.1, -0.05) is 20.1 Å². The maximum absolute atomic E-state index is 14.3. The Morgan fingerprint density at radius 3 is 2.32 bits per heavy atom. The maximum Gasteiger partial charge on any atom is 0.253 e. The molecule has 3 amide bonds. The first kappa shape index (κ1) is 49.6. The zero-order chi connectivity index (χ0) is 48.0. The first-order valence-electron chi connectivity index (χ1n) is 25.7. The lowest BCUT2D eigenvalue weighted by atomic mass is 9.81. The number of aliphatic hydroxyl groups excluding tert-OH is 1. The third-order valence-electron chi connectivity index (χ3n) is 16.4. The second-order valence-electron chi connectivity index (χ2n) is 21.1. The van der Waals surface area contributed by atoms with Crippen molar-refractivity contribution < 1.29 is 76.4 Å². The second kappa shape index (κ2) is 21.2. The van der Waals surface area contributed by atoms with E-state index in [0.717, 1.165) is 54.6 Å². The molecule has 18 nitrogen and oxygen atoms in total. The molecule has 2 unspecified atom stereocenters. The Balaban J connectivity index is 0.777. The lowest BCUT2D eigenvalue weighted by molar-refractivity contribution is -0.292. The average Bonchev–Trinajstić information content (AvgIpc) is 4.08. The van der Waals surface area contributed by atoms with E-state index in [1.165, 1.54) is 12.2 Å². The largest absolute Gasteiger partial charge is 0.391 e. The van der Waals surface area contributed by atoms with Crippen LogP contribution in [0.15, 0.2) is 36.5 Å². The van der Waals surface area contributed by atoms with Gasteiger partial charge in [-0.25, -0.2) is 0 Å². The Hall–Kier alpha value is -2.98. The number of Topliss-reactive ketones (excluding diaryl/α,β-unsaturated/α-hetero) is 1. The molecule has 0 aromatic heterocycles. The van der Waals surface area contributed by atoms with Crippen LogP contribution in [-0.2, 0) is 71.3 Å². The molecule has 10 saturated heterocycles. The van der Waals surface area contributed by atoms with Crippen LogP contribution in [0.2, 0.25) is 0 Å². The predicted molar refractivity (Wildman–Crippen MR) is 242 cm³/mol. The van der Waals surface area contributed by atoms with Gasteiger partial charge in [0, 0.05) is 76.7 Å². The van der Waals surface area contributed by atoms with Crippen molar-refractivity contribution in [2.24, 2.45) is 11.8 Å². The number of rotatable bonds is 14. The van der Waals surface area contributed by atoms with E-state index in [0.29, 0.717) is 25.7 Å². The molecule has 2 N–H and O–H groups in total. The van der Waals surface area contributed by atoms with Gasteiger partial charge in [0.2, 0.25) is 5.91 Å². The number of nitrogens with one attached hydrogen (secondary N) is 1. The van der Waals surface area contributed by atoms with Crippen molar-refractivity contribution >= 4 is 23.5 Å². The number of nitrogens with zero attached hydrogens (tertiary/aromatic N) is 1. The highest BCUT2D eigenvalue weighted by Gasteiger charge is 2.69. The highest BCUT2D eigenvalue weighted by Crippen LogP contribution is 2.54. The standard InChI is InChI=1S/C51H72N2O16/c1-27-19-32-5-7-36-28(2)20-34(62-36)11-13-51-25-41-47(68-51)48-49(67-41)50(69-51)46-37(66-48)8-6-33(64-46)21-30(54)22-35-39(24-38(63-32)29(27)3)65-40(45(35)59-4)23-31(55)26-52-42(56)12-15-60-17-18-61-16-14-53-43(57)9-10-44(53)58/h9-10,27,31-41,45-50,55H,2-3,5-8,11-26H2,1,4H3,(H,52,56)/t27-,31+,32+,33-,34+,35+,36+,37+,38-,39+,40-,41-,45-,46+,47+,48?,49?,50+,51+/m1/s1. The van der Waals surface area contributed by atoms with Gasteiger partial charge in [-0.15, -0.1) is 0 Å². The number of ether oxygens (including phenoxy) is 11. The molecular formula is C51H72N2O16. The summed E-state index contributed by atoms with van der Waals surface area (Å²) in [4.78, 5) is 51.5. The van der Waals surface area contributed by atoms with Crippen molar-refractivity contribution in [3.05, 3.63) is 36.5 Å². The van der Waals surface area contributed by atoms with Crippen molar-refractivity contribution in [2.45, 2.75) is 200 Å². The zero-order valence-corrected chi connectivity index (χ0v) is 40.1. The van der Waals surface area contributed by atoms with Crippen molar-refractivity contribution in [1.82, 2.24) is 10.2 Å². The van der Waals surface area contributed by atoms with E-state index in [-0.39, 0.29) is 168 Å². The van der Waals surface area contributed by atoms with Crippen LogP contribution >= 0.6 is 0 Å². The Morgan fingerprint density at radius 2 is 1.51 bits per heavy atom. The summed E-state index contributed by atoms with van der Waals surface area (Å²) in [5, 5.41) is 14.1. The van der Waals surface area contributed by atoms with Gasteiger partial charge in [-0.2, -0.15) is 0 Å². The molecule has 0 saturated carbocycles. The van der Waals surface area contributed by atoms with E-state index in [4.69, 9.17) is 52.1 Å². The summed E-state index contributed by atoms with van der Waals surface area (Å²) in [5.41, 5.74) is 2.11. The minimum Gasteiger partial charge on any atom is -0.391 e. The van der Waals surface area contributed by atoms with Gasteiger partial charge >= 0.3 is 0 Å². The molecule has 11 aliphatic heterocycles. The number of carbonyl (C=O) groups excluding carboxylic acids is 4. The van der Waals surface area contributed by atoms with Gasteiger partial charge < -0.3 is 62.5 Å². The summed E-state index contributed by atoms with van der Waals surface area (Å²) in [6.07, 6.45) is 5.27. The van der Waals surface area contributed by atoms with E-state index >= 15 is 0 Å². The molecule has 0 radical (unpaired) electrons. The van der Waals surface area contributed by atoms with Gasteiger partial charge in [-0.3, -0.25) is 24.1 Å². The smallest absolute Gasteiger partial charge is 0.253 e. The average molecular weight is 969 g/mol. The molecule has 69 heavy (non-hydrogen) atoms. The summed E-state index contributed by atoms with van der Waals surface area (Å²) in [6.45, 7) is 12.1. The zero-order valence-electron chi connectivity index (χ0n) is 40.1. The Bertz CT molecular complexity index is 1950. The van der Waals surface area contributed by atoms with Crippen molar-refractivity contribution in [2.75, 3.05) is 46.6 Å². The molecule has 1 spiro atoms. The molecule has 19 atom stereocenters. The minimum atomic E-state index is -0.958. The SMILES string of the molecule is C=C1C[C@@H]2CC[C@@]34C[C@H]5OC6C(O[C@H]7CC[C@H](CC(=O)C[C@@H]8[C@@H](OC)[C@@H](C[C@H](O)CNC(=O)CCOCCOCCN9C(=O)C=CC9=O)O[C@H]8C[C@H]8O[C@@H](CC[C@@H]1O2)C[C@@H](C)C8=C)O[C@@H]7[C@@H]6O3)[C@H]5O4. The highest BCUT2D eigenvalue weighted by molar-refractivity contribution is 6.12. The Kier molecular flexibility index (Phi) is 15.3. The lowest BCUT2D eigenvalue weighted by Gasteiger charge is -2.47. The van der Waals surface area contributed by atoms with Gasteiger partial charge in [0.25, 0.3) is 11.8 Å². The molecule has 0 aromatic rings. The molecular weight excluding hydrogens is 897 g/mol. The van der Waals surface area contributed by atoms with Crippen LogP contribution in [0.4, 0.5) is 0 Å². The topological polar surface area (TPSA) is 205 Å². The summed E-state index contributed by atoms with van der Waals surface area (Å²) in [6, 6.07) is 0. The highest BCUT2D eigenvalue weighted by atomic mass is 16.8. The normalized spacial score (nSPS) is 43.3. The first-order valence-corrected chi connectivity index (χ1v) is 25.7. The van der Waals surface area contributed by atoms with Crippen LogP contribution < -0.4 is 5.32 Å². The fraction of sp³-hybridized carbons (Fsp3) is 0.804. The van der Waals surface area contributed by atoms with Crippen LogP contribution in [-0.4, -0.2) is 184 Å². The number of ketones is 1. The number of methoxy groups -OCH3 is 1. The van der Waals surface area contributed by atoms with Gasteiger partial charge in [-0.05, 0) is 62.0 Å². The molecule has 0 aliphatic carbocycles. The predicted octanol–water partition coefficient (Wildman–Crippen LogP) is 2.94. The third kappa shape index (κ3) is 10.7. The number of carbonyl (C=O) groups is 4. The fourth-order valence-corrected chi connectivity index (χ4v) is 12.9. The summed E-state index contributed by atoms with van der Waals surface area (Å²) >= 11 is 0. The molecule has 11 rings (SSSR count). The number of amides is 3. The van der Waals surface area contributed by atoms with Crippen LogP contribution in [0.3, 0.4) is 0 Å². The van der Waals surface area contributed by atoms with E-state index in [1.807, 2.05) is 0 Å². The number of imide groups is 1. The first-order chi connectivity index (χ1) is 33.3. The van der Waals surface area contributed by atoms with Gasteiger partial charge in [0.15, 0.2) is 5.79 Å². The Labute approximate surface area is 404 Å². The van der Waals surface area contributed by atoms with E-state index in [2.05, 4.69) is 25.4 Å². The quantitative estimate of drug-likeness (QED) is 0.146. The minimum absolute atomic E-state index is 0.00785. The van der Waals surface area contributed by atoms with Gasteiger partial charge in [0.1, 0.15) is 36.3 Å². The lowest BCUT2D eigenvalue weighted by Crippen LogP contribution is -2.61. The van der Waals surface area contributed by atoms with Crippen molar-refractivity contribution in [3.8, 4) is 0 Å². The number of hydrogen-bond acceptors (Lipinski definition) is 16. The Morgan fingerprint density at radius 1 is 0.783 bits per heavy atom. The fourth-order valence-electron chi connectivity index (χ4n) is 12.9.